The molecule has 2 heterocycles. The van der Waals surface area contributed by atoms with Crippen molar-refractivity contribution < 1.29 is 4.79 Å². The van der Waals surface area contributed by atoms with Gasteiger partial charge in [0.05, 0.1) is 17.0 Å². The van der Waals surface area contributed by atoms with E-state index in [-0.39, 0.29) is 11.8 Å². The lowest BCUT2D eigenvalue weighted by molar-refractivity contribution is -0.125. The lowest BCUT2D eigenvalue weighted by atomic mass is 9.97. The number of carbonyl (C=O) groups excluding carboxylic acids is 1. The molecule has 2 N–H and O–H groups in total. The van der Waals surface area contributed by atoms with Gasteiger partial charge in [0, 0.05) is 29.6 Å². The van der Waals surface area contributed by atoms with Crippen LogP contribution < -0.4 is 10.2 Å². The number of hydrogen-bond donors (Lipinski definition) is 2. The molecule has 1 atom stereocenters. The molecule has 1 unspecified atom stereocenters. The average molecular weight is 415 g/mol. The van der Waals surface area contributed by atoms with Crippen molar-refractivity contribution in [2.24, 2.45) is 5.92 Å². The van der Waals surface area contributed by atoms with Crippen molar-refractivity contribution in [2.75, 3.05) is 24.2 Å². The van der Waals surface area contributed by atoms with Crippen molar-refractivity contribution in [3.8, 4) is 0 Å². The van der Waals surface area contributed by atoms with Crippen LogP contribution in [-0.2, 0) is 11.3 Å². The number of aromatic amines is 1. The van der Waals surface area contributed by atoms with E-state index in [9.17, 15) is 4.79 Å². The highest BCUT2D eigenvalue weighted by molar-refractivity contribution is 7.98. The van der Waals surface area contributed by atoms with Crippen LogP contribution in [-0.4, -0.2) is 35.2 Å². The zero-order chi connectivity index (χ0) is 19.5. The van der Waals surface area contributed by atoms with Crippen molar-refractivity contribution in [3.63, 3.8) is 0 Å². The minimum atomic E-state index is -0.0315. The van der Waals surface area contributed by atoms with Gasteiger partial charge in [-0.05, 0) is 55.0 Å². The number of imidazole rings is 1. The van der Waals surface area contributed by atoms with Gasteiger partial charge < -0.3 is 15.2 Å². The van der Waals surface area contributed by atoms with E-state index < -0.39 is 0 Å². The van der Waals surface area contributed by atoms with Gasteiger partial charge in [-0.2, -0.15) is 0 Å². The molecule has 1 aliphatic rings. The number of nitrogens with one attached hydrogen (secondary N) is 2. The number of H-pyrrole nitrogens is 1. The van der Waals surface area contributed by atoms with Crippen LogP contribution in [0.4, 0.5) is 5.95 Å². The number of hydrogen-bond acceptors (Lipinski definition) is 4. The van der Waals surface area contributed by atoms with Crippen LogP contribution in [0, 0.1) is 5.92 Å². The minimum Gasteiger partial charge on any atom is -0.352 e. The maximum absolute atomic E-state index is 12.7. The molecule has 7 heteroatoms. The number of piperidine rings is 1. The highest BCUT2D eigenvalue weighted by atomic mass is 35.5. The van der Waals surface area contributed by atoms with Crippen molar-refractivity contribution in [2.45, 2.75) is 24.3 Å². The lowest BCUT2D eigenvalue weighted by Crippen LogP contribution is -2.43. The van der Waals surface area contributed by atoms with E-state index in [1.165, 1.54) is 4.90 Å². The molecule has 1 saturated heterocycles. The third-order valence-corrected chi connectivity index (χ3v) is 6.13. The predicted molar refractivity (Wildman–Crippen MR) is 116 cm³/mol. The molecule has 28 heavy (non-hydrogen) atoms. The van der Waals surface area contributed by atoms with Crippen molar-refractivity contribution in [1.82, 2.24) is 15.3 Å². The molecule has 2 aromatic carbocycles. The fourth-order valence-electron chi connectivity index (χ4n) is 3.58. The maximum atomic E-state index is 12.7. The first kappa shape index (κ1) is 19.2. The van der Waals surface area contributed by atoms with E-state index in [1.54, 1.807) is 11.8 Å². The third kappa shape index (κ3) is 4.28. The number of thioether (sulfide) groups is 1. The first-order valence-corrected chi connectivity index (χ1v) is 11.0. The van der Waals surface area contributed by atoms with Crippen molar-refractivity contribution >= 4 is 46.3 Å². The van der Waals surface area contributed by atoms with Gasteiger partial charge >= 0.3 is 0 Å². The van der Waals surface area contributed by atoms with E-state index in [0.29, 0.717) is 18.1 Å². The van der Waals surface area contributed by atoms with E-state index >= 15 is 0 Å². The van der Waals surface area contributed by atoms with Crippen LogP contribution in [0.5, 0.6) is 0 Å². The largest absolute Gasteiger partial charge is 0.352 e. The summed E-state index contributed by atoms with van der Waals surface area (Å²) in [5.41, 5.74) is 2.93. The van der Waals surface area contributed by atoms with Crippen LogP contribution in [0.3, 0.4) is 0 Å². The monoisotopic (exact) mass is 414 g/mol. The molecule has 0 aliphatic carbocycles. The molecule has 0 radical (unpaired) electrons. The molecule has 146 valence electrons. The quantitative estimate of drug-likeness (QED) is 0.604. The number of halogens is 1. The summed E-state index contributed by atoms with van der Waals surface area (Å²) >= 11 is 7.78. The lowest BCUT2D eigenvalue weighted by Gasteiger charge is -2.31. The van der Waals surface area contributed by atoms with Gasteiger partial charge in [0.1, 0.15) is 0 Å². The summed E-state index contributed by atoms with van der Waals surface area (Å²) in [4.78, 5) is 24.1. The normalized spacial score (nSPS) is 17.1. The highest BCUT2D eigenvalue weighted by Gasteiger charge is 2.27. The Labute approximate surface area is 173 Å². The Balaban J connectivity index is 1.38. The van der Waals surface area contributed by atoms with Gasteiger partial charge in [-0.1, -0.05) is 23.7 Å². The van der Waals surface area contributed by atoms with Crippen LogP contribution in [0.25, 0.3) is 11.0 Å². The number of nitrogens with zero attached hydrogens (tertiary/aromatic N) is 2. The Morgan fingerprint density at radius 1 is 1.32 bits per heavy atom. The molecular weight excluding hydrogens is 392 g/mol. The van der Waals surface area contributed by atoms with Crippen LogP contribution in [0.15, 0.2) is 47.4 Å². The van der Waals surface area contributed by atoms with Gasteiger partial charge in [-0.3, -0.25) is 4.79 Å². The molecule has 1 aliphatic heterocycles. The Bertz CT molecular complexity index is 972. The summed E-state index contributed by atoms with van der Waals surface area (Å²) in [6, 6.07) is 13.9. The summed E-state index contributed by atoms with van der Waals surface area (Å²) in [7, 11) is 0. The molecule has 1 amide bonds. The second-order valence-corrected chi connectivity index (χ2v) is 8.39. The van der Waals surface area contributed by atoms with Gasteiger partial charge in [-0.25, -0.2) is 4.98 Å². The number of benzene rings is 2. The van der Waals surface area contributed by atoms with Crippen LogP contribution >= 0.6 is 23.4 Å². The van der Waals surface area contributed by atoms with E-state index in [4.69, 9.17) is 11.6 Å². The maximum Gasteiger partial charge on any atom is 0.225 e. The first-order valence-electron chi connectivity index (χ1n) is 9.43. The van der Waals surface area contributed by atoms with E-state index in [0.717, 1.165) is 41.9 Å². The summed E-state index contributed by atoms with van der Waals surface area (Å²) in [5.74, 6) is 0.885. The number of rotatable bonds is 5. The van der Waals surface area contributed by atoms with Gasteiger partial charge in [-0.15, -0.1) is 11.8 Å². The first-order chi connectivity index (χ1) is 13.6. The molecule has 4 rings (SSSR count). The molecule has 0 bridgehead atoms. The topological polar surface area (TPSA) is 61.0 Å². The molecule has 0 saturated carbocycles. The summed E-state index contributed by atoms with van der Waals surface area (Å²) in [6.07, 6.45) is 3.93. The van der Waals surface area contributed by atoms with Crippen molar-refractivity contribution in [3.05, 3.63) is 53.1 Å². The highest BCUT2D eigenvalue weighted by Crippen LogP contribution is 2.25. The molecule has 5 nitrogen and oxygen atoms in total. The van der Waals surface area contributed by atoms with Gasteiger partial charge in [0.15, 0.2) is 0 Å². The summed E-state index contributed by atoms with van der Waals surface area (Å²) in [6.45, 7) is 2.13. The standard InChI is InChI=1S/C21H23ClN4OS/c1-28-17-7-4-14(5-8-17)12-23-20(27)15-3-2-10-26(13-15)21-24-18-9-6-16(22)11-19(18)25-21/h4-9,11,15H,2-3,10,12-13H2,1H3,(H,23,27)(H,24,25). The zero-order valence-electron chi connectivity index (χ0n) is 15.7. The number of anilines is 1. The summed E-state index contributed by atoms with van der Waals surface area (Å²) < 4.78 is 0. The Morgan fingerprint density at radius 2 is 2.14 bits per heavy atom. The fourth-order valence-corrected chi connectivity index (χ4v) is 4.16. The number of carbonyl (C=O) groups is 1. The van der Waals surface area contributed by atoms with Gasteiger partial charge in [0.25, 0.3) is 0 Å². The zero-order valence-corrected chi connectivity index (χ0v) is 17.3. The number of aromatic nitrogens is 2. The van der Waals surface area contributed by atoms with Gasteiger partial charge in [0.2, 0.25) is 11.9 Å². The SMILES string of the molecule is CSc1ccc(CNC(=O)C2CCCN(c3nc4ccc(Cl)cc4[nH]3)C2)cc1. The molecular formula is C21H23ClN4OS. The molecule has 0 spiro atoms. The Hall–Kier alpha value is -2.18. The smallest absolute Gasteiger partial charge is 0.225 e. The molecule has 3 aromatic rings. The van der Waals surface area contributed by atoms with E-state index in [2.05, 4.69) is 50.7 Å². The second kappa shape index (κ2) is 8.45. The average Bonchev–Trinajstić information content (AvgIpc) is 3.15. The molecule has 1 aromatic heterocycles. The third-order valence-electron chi connectivity index (χ3n) is 5.15. The molecule has 1 fully saturated rings. The van der Waals surface area contributed by atoms with Crippen LogP contribution in [0.1, 0.15) is 18.4 Å². The van der Waals surface area contributed by atoms with Crippen molar-refractivity contribution in [1.29, 1.82) is 0 Å². The Morgan fingerprint density at radius 3 is 2.93 bits per heavy atom. The predicted octanol–water partition coefficient (Wildman–Crippen LogP) is 4.47. The minimum absolute atomic E-state index is 0.0315. The number of fused-ring (bicyclic) bond motifs is 1. The van der Waals surface area contributed by atoms with E-state index in [1.807, 2.05) is 18.2 Å². The Kier molecular flexibility index (Phi) is 5.78. The second-order valence-electron chi connectivity index (χ2n) is 7.07. The number of amides is 1. The van der Waals surface area contributed by atoms with Crippen LogP contribution in [0.2, 0.25) is 5.02 Å². The fraction of sp³-hybridized carbons (Fsp3) is 0.333. The summed E-state index contributed by atoms with van der Waals surface area (Å²) in [5, 5.41) is 3.78.